The number of carboxylic acids is 1. The third-order valence-electron chi connectivity index (χ3n) is 3.12. The van der Waals surface area contributed by atoms with E-state index < -0.39 is 11.9 Å². The van der Waals surface area contributed by atoms with E-state index in [0.717, 1.165) is 25.9 Å². The fourth-order valence-corrected chi connectivity index (χ4v) is 1.86. The first-order valence-electron chi connectivity index (χ1n) is 6.49. The lowest BCUT2D eigenvalue weighted by Gasteiger charge is -2.22. The summed E-state index contributed by atoms with van der Waals surface area (Å²) in [7, 11) is 0. The molecular formula is C12H22N2O4. The van der Waals surface area contributed by atoms with E-state index in [1.807, 2.05) is 0 Å². The van der Waals surface area contributed by atoms with E-state index in [9.17, 15) is 9.59 Å². The van der Waals surface area contributed by atoms with Crippen molar-refractivity contribution in [3.63, 3.8) is 0 Å². The quantitative estimate of drug-likeness (QED) is 0.662. The van der Waals surface area contributed by atoms with Crippen LogP contribution in [0, 0.1) is 5.92 Å². The van der Waals surface area contributed by atoms with Crippen molar-refractivity contribution in [1.82, 2.24) is 10.6 Å². The second-order valence-electron chi connectivity index (χ2n) is 4.52. The van der Waals surface area contributed by atoms with Crippen molar-refractivity contribution in [2.75, 3.05) is 19.7 Å². The normalized spacial score (nSPS) is 21.1. The molecule has 0 bridgehead atoms. The maximum absolute atomic E-state index is 11.5. The minimum atomic E-state index is -0.881. The lowest BCUT2D eigenvalue weighted by atomic mass is 10.1. The number of urea groups is 1. The molecular weight excluding hydrogens is 236 g/mol. The van der Waals surface area contributed by atoms with Crippen LogP contribution < -0.4 is 10.6 Å². The topological polar surface area (TPSA) is 87.7 Å². The predicted molar refractivity (Wildman–Crippen MR) is 66.4 cm³/mol. The Bertz CT molecular complexity index is 277. The first kappa shape index (κ1) is 14.8. The van der Waals surface area contributed by atoms with Gasteiger partial charge in [-0.3, -0.25) is 4.79 Å². The van der Waals surface area contributed by atoms with Gasteiger partial charge < -0.3 is 20.5 Å². The number of carbonyl (C=O) groups excluding carboxylic acids is 1. The van der Waals surface area contributed by atoms with Crippen LogP contribution in [0.25, 0.3) is 0 Å². The Kier molecular flexibility index (Phi) is 6.49. The summed E-state index contributed by atoms with van der Waals surface area (Å²) in [5.41, 5.74) is 0. The molecule has 2 unspecified atom stereocenters. The maximum Gasteiger partial charge on any atom is 0.314 e. The van der Waals surface area contributed by atoms with Crippen LogP contribution in [0.1, 0.15) is 32.6 Å². The third kappa shape index (κ3) is 5.35. The molecule has 1 heterocycles. The van der Waals surface area contributed by atoms with Crippen molar-refractivity contribution in [2.24, 2.45) is 5.92 Å². The first-order valence-corrected chi connectivity index (χ1v) is 6.49. The number of ether oxygens (including phenoxy) is 1. The van der Waals surface area contributed by atoms with Gasteiger partial charge in [0.05, 0.1) is 12.0 Å². The summed E-state index contributed by atoms with van der Waals surface area (Å²) in [6.45, 7) is 3.18. The van der Waals surface area contributed by atoms with E-state index in [0.29, 0.717) is 13.0 Å². The summed E-state index contributed by atoms with van der Waals surface area (Å²) in [5, 5.41) is 14.1. The molecule has 104 valence electrons. The zero-order valence-electron chi connectivity index (χ0n) is 10.8. The zero-order chi connectivity index (χ0) is 13.4. The van der Waals surface area contributed by atoms with Gasteiger partial charge in [0.25, 0.3) is 0 Å². The van der Waals surface area contributed by atoms with Crippen LogP contribution in [-0.2, 0) is 9.53 Å². The number of carboxylic acid groups (broad SMARTS) is 1. The highest BCUT2D eigenvalue weighted by Gasteiger charge is 2.17. The second-order valence-corrected chi connectivity index (χ2v) is 4.52. The fourth-order valence-electron chi connectivity index (χ4n) is 1.86. The third-order valence-corrected chi connectivity index (χ3v) is 3.12. The molecule has 0 aromatic carbocycles. The molecule has 0 aliphatic carbocycles. The summed E-state index contributed by atoms with van der Waals surface area (Å²) < 4.78 is 5.48. The van der Waals surface area contributed by atoms with Gasteiger partial charge in [-0.25, -0.2) is 4.79 Å². The lowest BCUT2D eigenvalue weighted by Crippen LogP contribution is -2.43. The largest absolute Gasteiger partial charge is 0.481 e. The van der Waals surface area contributed by atoms with Gasteiger partial charge in [-0.15, -0.1) is 0 Å². The summed E-state index contributed by atoms with van der Waals surface area (Å²) >= 11 is 0. The van der Waals surface area contributed by atoms with Gasteiger partial charge in [0.2, 0.25) is 0 Å². The number of hydrogen-bond acceptors (Lipinski definition) is 3. The number of hydrogen-bond donors (Lipinski definition) is 3. The molecule has 1 saturated heterocycles. The average Bonchev–Trinajstić information content (AvgIpc) is 2.38. The Hall–Kier alpha value is -1.30. The van der Waals surface area contributed by atoms with E-state index >= 15 is 0 Å². The van der Waals surface area contributed by atoms with Crippen LogP contribution >= 0.6 is 0 Å². The van der Waals surface area contributed by atoms with Crippen LogP contribution in [0.5, 0.6) is 0 Å². The Balaban J connectivity index is 2.14. The van der Waals surface area contributed by atoms with Crippen molar-refractivity contribution in [2.45, 2.75) is 38.7 Å². The lowest BCUT2D eigenvalue weighted by molar-refractivity contribution is -0.141. The van der Waals surface area contributed by atoms with Gasteiger partial charge in [-0.1, -0.05) is 6.92 Å². The summed E-state index contributed by atoms with van der Waals surface area (Å²) in [4.78, 5) is 22.2. The highest BCUT2D eigenvalue weighted by Crippen LogP contribution is 2.11. The van der Waals surface area contributed by atoms with Crippen LogP contribution in [0.2, 0.25) is 0 Å². The fraction of sp³-hybridized carbons (Fsp3) is 0.833. The molecule has 1 aliphatic heterocycles. The Morgan fingerprint density at radius 3 is 2.72 bits per heavy atom. The van der Waals surface area contributed by atoms with Crippen LogP contribution in [0.15, 0.2) is 0 Å². The van der Waals surface area contributed by atoms with E-state index in [1.54, 1.807) is 6.92 Å². The molecule has 1 fully saturated rings. The summed E-state index contributed by atoms with van der Waals surface area (Å²) in [6.07, 6.45) is 3.77. The summed E-state index contributed by atoms with van der Waals surface area (Å²) in [5.74, 6) is -1.41. The van der Waals surface area contributed by atoms with Crippen molar-refractivity contribution in [1.29, 1.82) is 0 Å². The van der Waals surface area contributed by atoms with Gasteiger partial charge in [-0.05, 0) is 25.7 Å². The van der Waals surface area contributed by atoms with Crippen molar-refractivity contribution in [3.05, 3.63) is 0 Å². The monoisotopic (exact) mass is 258 g/mol. The number of amides is 2. The van der Waals surface area contributed by atoms with E-state index in [4.69, 9.17) is 9.84 Å². The number of carbonyl (C=O) groups is 2. The molecule has 1 aliphatic rings. The summed E-state index contributed by atoms with van der Waals surface area (Å²) in [6, 6.07) is -0.330. The first-order chi connectivity index (χ1) is 8.63. The molecule has 0 saturated carbocycles. The number of nitrogens with one attached hydrogen (secondary N) is 2. The van der Waals surface area contributed by atoms with E-state index in [1.165, 1.54) is 0 Å². The highest BCUT2D eigenvalue weighted by atomic mass is 16.5. The molecule has 0 radical (unpaired) electrons. The van der Waals surface area contributed by atoms with Gasteiger partial charge in [0.15, 0.2) is 0 Å². The van der Waals surface area contributed by atoms with Crippen molar-refractivity contribution in [3.8, 4) is 0 Å². The Labute approximate surface area is 107 Å². The van der Waals surface area contributed by atoms with Crippen LogP contribution in [0.3, 0.4) is 0 Å². The molecule has 3 N–H and O–H groups in total. The van der Waals surface area contributed by atoms with Crippen LogP contribution in [-0.4, -0.2) is 42.9 Å². The van der Waals surface area contributed by atoms with Gasteiger partial charge in [0, 0.05) is 19.7 Å². The van der Waals surface area contributed by atoms with Crippen molar-refractivity contribution < 1.29 is 19.4 Å². The minimum absolute atomic E-state index is 0.0888. The Morgan fingerprint density at radius 2 is 2.17 bits per heavy atom. The standard InChI is InChI=1S/C12H22N2O4/c1-2-9(11(15)16)7-13-12(17)14-8-10-5-3-4-6-18-10/h9-10H,2-8H2,1H3,(H,15,16)(H2,13,14,17). The van der Waals surface area contributed by atoms with Gasteiger partial charge in [0.1, 0.15) is 0 Å². The Morgan fingerprint density at radius 1 is 1.39 bits per heavy atom. The molecule has 18 heavy (non-hydrogen) atoms. The van der Waals surface area contributed by atoms with E-state index in [2.05, 4.69) is 10.6 Å². The molecule has 0 aromatic heterocycles. The van der Waals surface area contributed by atoms with Gasteiger partial charge >= 0.3 is 12.0 Å². The SMILES string of the molecule is CCC(CNC(=O)NCC1CCCCO1)C(=O)O. The molecule has 0 aromatic rings. The molecule has 2 amide bonds. The smallest absolute Gasteiger partial charge is 0.314 e. The molecule has 0 spiro atoms. The van der Waals surface area contributed by atoms with Crippen LogP contribution in [0.4, 0.5) is 4.79 Å². The van der Waals surface area contributed by atoms with Gasteiger partial charge in [-0.2, -0.15) is 0 Å². The highest BCUT2D eigenvalue weighted by molar-refractivity contribution is 5.75. The minimum Gasteiger partial charge on any atom is -0.481 e. The average molecular weight is 258 g/mol. The zero-order valence-corrected chi connectivity index (χ0v) is 10.8. The van der Waals surface area contributed by atoms with E-state index in [-0.39, 0.29) is 18.7 Å². The number of aliphatic carboxylic acids is 1. The molecule has 6 nitrogen and oxygen atoms in total. The molecule has 1 rings (SSSR count). The molecule has 6 heteroatoms. The predicted octanol–water partition coefficient (Wildman–Crippen LogP) is 0.965. The second kappa shape index (κ2) is 7.92. The maximum atomic E-state index is 11.5. The van der Waals surface area contributed by atoms with Crippen molar-refractivity contribution >= 4 is 12.0 Å². The number of rotatable bonds is 6. The molecule has 2 atom stereocenters.